The van der Waals surface area contributed by atoms with Crippen molar-refractivity contribution in [2.24, 2.45) is 0 Å². The number of carbonyl (C=O) groups is 1. The summed E-state index contributed by atoms with van der Waals surface area (Å²) in [6.07, 6.45) is 3.32. The third-order valence-electron chi connectivity index (χ3n) is 4.24. The van der Waals surface area contributed by atoms with Crippen LogP contribution in [-0.4, -0.2) is 10.9 Å². The molecule has 0 aliphatic rings. The zero-order valence-corrected chi connectivity index (χ0v) is 15.4. The summed E-state index contributed by atoms with van der Waals surface area (Å²) in [4.78, 5) is 17.1. The van der Waals surface area contributed by atoms with Crippen molar-refractivity contribution in [3.05, 3.63) is 107 Å². The van der Waals surface area contributed by atoms with Crippen LogP contribution in [0, 0.1) is 0 Å². The lowest BCUT2D eigenvalue weighted by Gasteiger charge is -2.19. The van der Waals surface area contributed by atoms with Crippen molar-refractivity contribution in [1.82, 2.24) is 10.3 Å². The van der Waals surface area contributed by atoms with Crippen molar-refractivity contribution >= 4 is 33.5 Å². The largest absolute Gasteiger partial charge is 0.342 e. The number of thiazole rings is 1. The first-order valence-corrected chi connectivity index (χ1v) is 9.55. The Kier molecular flexibility index (Phi) is 5.08. The summed E-state index contributed by atoms with van der Waals surface area (Å²) in [5, 5.41) is 3.93. The van der Waals surface area contributed by atoms with Crippen LogP contribution in [0.2, 0.25) is 0 Å². The van der Waals surface area contributed by atoms with Gasteiger partial charge in [0.05, 0.1) is 16.3 Å². The van der Waals surface area contributed by atoms with Gasteiger partial charge in [-0.25, -0.2) is 4.98 Å². The molecule has 0 fully saturated rings. The van der Waals surface area contributed by atoms with Crippen molar-refractivity contribution in [3.63, 3.8) is 0 Å². The van der Waals surface area contributed by atoms with E-state index >= 15 is 0 Å². The molecule has 132 valence electrons. The molecular weight excluding hydrogens is 352 g/mol. The van der Waals surface area contributed by atoms with Crippen LogP contribution in [0.5, 0.6) is 0 Å². The zero-order chi connectivity index (χ0) is 18.5. The molecular formula is C23H18N2OS. The molecule has 3 aromatic carbocycles. The molecule has 1 amide bonds. The Bertz CT molecular complexity index is 999. The molecule has 4 rings (SSSR count). The minimum atomic E-state index is -0.195. The second kappa shape index (κ2) is 7.98. The number of hydrogen-bond acceptors (Lipinski definition) is 3. The van der Waals surface area contributed by atoms with E-state index in [9.17, 15) is 4.79 Å². The second-order valence-corrected chi connectivity index (χ2v) is 7.18. The van der Waals surface area contributed by atoms with Gasteiger partial charge in [-0.3, -0.25) is 4.79 Å². The predicted octanol–water partition coefficient (Wildman–Crippen LogP) is 5.22. The molecule has 27 heavy (non-hydrogen) atoms. The molecule has 0 saturated heterocycles. The van der Waals surface area contributed by atoms with Gasteiger partial charge in [0.2, 0.25) is 5.91 Å². The van der Waals surface area contributed by atoms with Crippen molar-refractivity contribution in [1.29, 1.82) is 0 Å². The lowest BCUT2D eigenvalue weighted by Crippen LogP contribution is -2.27. The lowest BCUT2D eigenvalue weighted by molar-refractivity contribution is -0.116. The fourth-order valence-electron chi connectivity index (χ4n) is 2.95. The van der Waals surface area contributed by atoms with Gasteiger partial charge in [0.1, 0.15) is 5.01 Å². The van der Waals surface area contributed by atoms with Gasteiger partial charge < -0.3 is 5.32 Å². The average molecular weight is 370 g/mol. The highest BCUT2D eigenvalue weighted by Gasteiger charge is 2.15. The number of rotatable bonds is 5. The standard InChI is InChI=1S/C23H18N2OS/c26-21(15-16-22-24-19-13-7-8-14-20(19)27-22)25-23(17-9-3-1-4-10-17)18-11-5-2-6-12-18/h1-16,23H,(H,25,26)/b16-15+. The van der Waals surface area contributed by atoms with Crippen LogP contribution in [0.4, 0.5) is 0 Å². The van der Waals surface area contributed by atoms with Crippen LogP contribution >= 0.6 is 11.3 Å². The fraction of sp³-hybridized carbons (Fsp3) is 0.0435. The molecule has 3 nitrogen and oxygen atoms in total. The second-order valence-electron chi connectivity index (χ2n) is 6.12. The number of aromatic nitrogens is 1. The topological polar surface area (TPSA) is 42.0 Å². The van der Waals surface area contributed by atoms with Crippen molar-refractivity contribution in [2.45, 2.75) is 6.04 Å². The highest BCUT2D eigenvalue weighted by Crippen LogP contribution is 2.23. The van der Waals surface area contributed by atoms with Crippen LogP contribution in [0.15, 0.2) is 91.0 Å². The van der Waals surface area contributed by atoms with Crippen molar-refractivity contribution in [3.8, 4) is 0 Å². The first kappa shape index (κ1) is 17.2. The molecule has 0 aliphatic carbocycles. The van der Waals surface area contributed by atoms with E-state index in [1.807, 2.05) is 84.9 Å². The maximum absolute atomic E-state index is 12.6. The molecule has 0 bridgehead atoms. The van der Waals surface area contributed by atoms with Gasteiger partial charge in [-0.2, -0.15) is 0 Å². The number of carbonyl (C=O) groups excluding carboxylic acids is 1. The molecule has 1 aromatic heterocycles. The van der Waals surface area contributed by atoms with Crippen molar-refractivity contribution < 1.29 is 4.79 Å². The Morgan fingerprint density at radius 2 is 1.44 bits per heavy atom. The summed E-state index contributed by atoms with van der Waals surface area (Å²) in [5.74, 6) is -0.146. The molecule has 0 unspecified atom stereocenters. The van der Waals surface area contributed by atoms with E-state index in [2.05, 4.69) is 10.3 Å². The van der Waals surface area contributed by atoms with E-state index in [0.29, 0.717) is 0 Å². The van der Waals surface area contributed by atoms with E-state index in [0.717, 1.165) is 26.4 Å². The highest BCUT2D eigenvalue weighted by atomic mass is 32.1. The average Bonchev–Trinajstić information content (AvgIpc) is 3.15. The number of nitrogens with zero attached hydrogens (tertiary/aromatic N) is 1. The summed E-state index contributed by atoms with van der Waals surface area (Å²) in [7, 11) is 0. The van der Waals surface area contributed by atoms with Gasteiger partial charge in [0, 0.05) is 6.08 Å². The Balaban J connectivity index is 1.54. The summed E-state index contributed by atoms with van der Waals surface area (Å²) in [6.45, 7) is 0. The molecule has 0 atom stereocenters. The summed E-state index contributed by atoms with van der Waals surface area (Å²) in [6, 6.07) is 27.7. The number of benzene rings is 3. The van der Waals surface area contributed by atoms with Gasteiger partial charge in [-0.05, 0) is 29.3 Å². The van der Waals surface area contributed by atoms with Crippen LogP contribution in [0.1, 0.15) is 22.2 Å². The van der Waals surface area contributed by atoms with E-state index in [4.69, 9.17) is 0 Å². The number of nitrogens with one attached hydrogen (secondary N) is 1. The predicted molar refractivity (Wildman–Crippen MR) is 112 cm³/mol. The zero-order valence-electron chi connectivity index (χ0n) is 14.6. The first-order chi connectivity index (χ1) is 13.3. The summed E-state index contributed by atoms with van der Waals surface area (Å²) in [5.41, 5.74) is 3.05. The maximum atomic E-state index is 12.6. The molecule has 0 radical (unpaired) electrons. The number of para-hydroxylation sites is 1. The Morgan fingerprint density at radius 1 is 0.852 bits per heavy atom. The number of fused-ring (bicyclic) bond motifs is 1. The number of hydrogen-bond donors (Lipinski definition) is 1. The molecule has 1 N–H and O–H groups in total. The van der Waals surface area contributed by atoms with Crippen LogP contribution in [0.3, 0.4) is 0 Å². The van der Waals surface area contributed by atoms with E-state index in [-0.39, 0.29) is 11.9 Å². The molecule has 0 spiro atoms. The van der Waals surface area contributed by atoms with Gasteiger partial charge >= 0.3 is 0 Å². The molecule has 0 aliphatic heterocycles. The van der Waals surface area contributed by atoms with Gasteiger partial charge in [-0.1, -0.05) is 72.8 Å². The minimum absolute atomic E-state index is 0.146. The first-order valence-electron chi connectivity index (χ1n) is 8.74. The normalized spacial score (nSPS) is 11.3. The smallest absolute Gasteiger partial charge is 0.244 e. The van der Waals surface area contributed by atoms with Crippen LogP contribution in [-0.2, 0) is 4.79 Å². The van der Waals surface area contributed by atoms with Gasteiger partial charge in [0.25, 0.3) is 0 Å². The quantitative estimate of drug-likeness (QED) is 0.490. The Hall–Kier alpha value is -3.24. The van der Waals surface area contributed by atoms with Crippen molar-refractivity contribution in [2.75, 3.05) is 0 Å². The molecule has 1 heterocycles. The highest BCUT2D eigenvalue weighted by molar-refractivity contribution is 7.19. The Morgan fingerprint density at radius 3 is 2.07 bits per heavy atom. The Labute approximate surface area is 162 Å². The third kappa shape index (κ3) is 4.13. The van der Waals surface area contributed by atoms with E-state index in [1.54, 1.807) is 23.5 Å². The van der Waals surface area contributed by atoms with E-state index in [1.165, 1.54) is 0 Å². The lowest BCUT2D eigenvalue weighted by atomic mass is 9.99. The number of amides is 1. The SMILES string of the molecule is O=C(/C=C/c1nc2ccccc2s1)NC(c1ccccc1)c1ccccc1. The molecule has 4 heteroatoms. The fourth-order valence-corrected chi connectivity index (χ4v) is 3.82. The monoisotopic (exact) mass is 370 g/mol. The van der Waals surface area contributed by atoms with Crippen LogP contribution < -0.4 is 5.32 Å². The van der Waals surface area contributed by atoms with E-state index < -0.39 is 0 Å². The maximum Gasteiger partial charge on any atom is 0.244 e. The summed E-state index contributed by atoms with van der Waals surface area (Å²) < 4.78 is 1.11. The van der Waals surface area contributed by atoms with Gasteiger partial charge in [0.15, 0.2) is 0 Å². The summed E-state index contributed by atoms with van der Waals surface area (Å²) >= 11 is 1.57. The third-order valence-corrected chi connectivity index (χ3v) is 5.24. The van der Waals surface area contributed by atoms with Gasteiger partial charge in [-0.15, -0.1) is 11.3 Å². The minimum Gasteiger partial charge on any atom is -0.342 e. The molecule has 4 aromatic rings. The van der Waals surface area contributed by atoms with Crippen LogP contribution in [0.25, 0.3) is 16.3 Å². The molecule has 0 saturated carbocycles.